The molecule has 0 aliphatic rings. The third kappa shape index (κ3) is 1.81. The van der Waals surface area contributed by atoms with Gasteiger partial charge in [0.05, 0.1) is 5.69 Å². The topological polar surface area (TPSA) is 17.8 Å². The molecule has 0 bridgehead atoms. The molecule has 0 fully saturated rings. The molecule has 0 N–H and O–H groups in total. The Balaban J connectivity index is 2.66. The molecule has 1 aromatic heterocycles. The first-order valence-corrected chi connectivity index (χ1v) is 5.70. The Morgan fingerprint density at radius 3 is 2.87 bits per heavy atom. The van der Waals surface area contributed by atoms with Gasteiger partial charge in [-0.15, -0.1) is 0 Å². The van der Waals surface area contributed by atoms with Crippen LogP contribution in [0.5, 0.6) is 0 Å². The molecule has 0 atom stereocenters. The van der Waals surface area contributed by atoms with E-state index in [1.165, 1.54) is 6.07 Å². The van der Waals surface area contributed by atoms with Crippen LogP contribution in [0.3, 0.4) is 0 Å². The Labute approximate surface area is 95.9 Å². The summed E-state index contributed by atoms with van der Waals surface area (Å²) < 4.78 is 15.5. The van der Waals surface area contributed by atoms with Crippen LogP contribution in [0.25, 0.3) is 5.69 Å². The fourth-order valence-electron chi connectivity index (χ4n) is 1.55. The van der Waals surface area contributed by atoms with Crippen LogP contribution >= 0.6 is 15.9 Å². The maximum absolute atomic E-state index is 13.7. The van der Waals surface area contributed by atoms with E-state index in [0.29, 0.717) is 11.0 Å². The summed E-state index contributed by atoms with van der Waals surface area (Å²) in [6, 6.07) is 5.06. The van der Waals surface area contributed by atoms with E-state index in [0.717, 1.165) is 11.4 Å². The molecule has 2 nitrogen and oxygen atoms in total. The third-order valence-corrected chi connectivity index (χ3v) is 2.89. The highest BCUT2D eigenvalue weighted by Gasteiger charge is 2.10. The number of alkyl halides is 1. The van der Waals surface area contributed by atoms with Crippen molar-refractivity contribution in [2.24, 2.45) is 0 Å². The molecule has 0 aliphatic heterocycles. The highest BCUT2D eigenvalue weighted by Crippen LogP contribution is 2.21. The van der Waals surface area contributed by atoms with E-state index in [1.54, 1.807) is 23.0 Å². The Morgan fingerprint density at radius 2 is 2.27 bits per heavy atom. The zero-order valence-corrected chi connectivity index (χ0v) is 9.83. The number of hydrogen-bond donors (Lipinski definition) is 0. The van der Waals surface area contributed by atoms with Gasteiger partial charge in [-0.05, 0) is 18.6 Å². The highest BCUT2D eigenvalue weighted by atomic mass is 79.9. The van der Waals surface area contributed by atoms with Crippen molar-refractivity contribution in [1.82, 2.24) is 9.55 Å². The second kappa shape index (κ2) is 4.14. The molecule has 0 spiro atoms. The lowest BCUT2D eigenvalue weighted by Gasteiger charge is -2.10. The van der Waals surface area contributed by atoms with Crippen molar-refractivity contribution >= 4 is 15.9 Å². The minimum Gasteiger partial charge on any atom is -0.301 e. The first kappa shape index (κ1) is 10.4. The van der Waals surface area contributed by atoms with Crippen molar-refractivity contribution in [3.8, 4) is 5.69 Å². The van der Waals surface area contributed by atoms with Gasteiger partial charge in [-0.1, -0.05) is 28.1 Å². The van der Waals surface area contributed by atoms with Crippen molar-refractivity contribution in [2.75, 3.05) is 0 Å². The molecule has 0 radical (unpaired) electrons. The second-order valence-electron chi connectivity index (χ2n) is 3.23. The number of rotatable bonds is 2. The van der Waals surface area contributed by atoms with Gasteiger partial charge in [0.2, 0.25) is 0 Å². The normalized spacial score (nSPS) is 10.6. The quantitative estimate of drug-likeness (QED) is 0.765. The van der Waals surface area contributed by atoms with Gasteiger partial charge in [-0.2, -0.15) is 0 Å². The molecule has 1 aromatic carbocycles. The van der Waals surface area contributed by atoms with Crippen LogP contribution in [0.15, 0.2) is 30.6 Å². The van der Waals surface area contributed by atoms with E-state index < -0.39 is 0 Å². The summed E-state index contributed by atoms with van der Waals surface area (Å²) in [5, 5.41) is 0.623. The zero-order valence-electron chi connectivity index (χ0n) is 8.24. The maximum atomic E-state index is 13.7. The molecular weight excluding hydrogens is 259 g/mol. The summed E-state index contributed by atoms with van der Waals surface area (Å²) in [4.78, 5) is 4.09. The van der Waals surface area contributed by atoms with Gasteiger partial charge in [-0.25, -0.2) is 9.37 Å². The molecular formula is C11H10BrFN2. The van der Waals surface area contributed by atoms with Crippen molar-refractivity contribution in [2.45, 2.75) is 12.3 Å². The predicted molar refractivity (Wildman–Crippen MR) is 60.9 cm³/mol. The van der Waals surface area contributed by atoms with Crippen LogP contribution in [0, 0.1) is 12.7 Å². The number of para-hydroxylation sites is 1. The zero-order chi connectivity index (χ0) is 10.8. The van der Waals surface area contributed by atoms with E-state index in [-0.39, 0.29) is 5.82 Å². The van der Waals surface area contributed by atoms with Crippen molar-refractivity contribution in [3.63, 3.8) is 0 Å². The lowest BCUT2D eigenvalue weighted by atomic mass is 10.2. The first-order valence-electron chi connectivity index (χ1n) is 4.57. The van der Waals surface area contributed by atoms with Crippen molar-refractivity contribution in [3.05, 3.63) is 47.8 Å². The predicted octanol–water partition coefficient (Wildman–Crippen LogP) is 3.21. The van der Waals surface area contributed by atoms with Gasteiger partial charge in [-0.3, -0.25) is 0 Å². The van der Waals surface area contributed by atoms with Crippen LogP contribution in [-0.2, 0) is 5.33 Å². The van der Waals surface area contributed by atoms with Crippen LogP contribution in [0.2, 0.25) is 0 Å². The molecule has 4 heteroatoms. The molecule has 0 saturated heterocycles. The number of halogens is 2. The van der Waals surface area contributed by atoms with E-state index in [9.17, 15) is 4.39 Å². The molecule has 2 rings (SSSR count). The summed E-state index contributed by atoms with van der Waals surface area (Å²) in [5.41, 5.74) is 1.49. The van der Waals surface area contributed by atoms with Crippen molar-refractivity contribution < 1.29 is 4.39 Å². The van der Waals surface area contributed by atoms with Crippen LogP contribution in [0.4, 0.5) is 4.39 Å². The highest BCUT2D eigenvalue weighted by molar-refractivity contribution is 9.08. The van der Waals surface area contributed by atoms with Gasteiger partial charge in [0.25, 0.3) is 0 Å². The molecule has 2 aromatic rings. The van der Waals surface area contributed by atoms with Gasteiger partial charge in [0, 0.05) is 17.7 Å². The molecule has 0 unspecified atom stereocenters. The Bertz CT molecular complexity index is 479. The average molecular weight is 269 g/mol. The summed E-state index contributed by atoms with van der Waals surface area (Å²) in [6.07, 6.45) is 3.43. The summed E-state index contributed by atoms with van der Waals surface area (Å²) >= 11 is 3.35. The van der Waals surface area contributed by atoms with Gasteiger partial charge < -0.3 is 4.57 Å². The Morgan fingerprint density at radius 1 is 1.47 bits per heavy atom. The second-order valence-corrected chi connectivity index (χ2v) is 3.79. The van der Waals surface area contributed by atoms with Gasteiger partial charge >= 0.3 is 0 Å². The number of nitrogens with zero attached hydrogens (tertiary/aromatic N) is 2. The number of imidazole rings is 1. The summed E-state index contributed by atoms with van der Waals surface area (Å²) in [7, 11) is 0. The average Bonchev–Trinajstić information content (AvgIpc) is 2.64. The third-order valence-electron chi connectivity index (χ3n) is 2.28. The number of aryl methyl sites for hydroxylation is 1. The van der Waals surface area contributed by atoms with Gasteiger partial charge in [0.15, 0.2) is 0 Å². The number of benzene rings is 1. The largest absolute Gasteiger partial charge is 0.301 e. The molecule has 0 saturated carbocycles. The van der Waals surface area contributed by atoms with Crippen LogP contribution in [-0.4, -0.2) is 9.55 Å². The van der Waals surface area contributed by atoms with E-state index in [1.807, 2.05) is 13.0 Å². The summed E-state index contributed by atoms with van der Waals surface area (Å²) in [6.45, 7) is 1.85. The standard InChI is InChI=1S/C11H10BrFN2/c1-8-14-5-6-15(8)11-9(7-12)3-2-4-10(11)13/h2-6H,7H2,1H3. The SMILES string of the molecule is Cc1nccn1-c1c(F)cccc1CBr. The summed E-state index contributed by atoms with van der Waals surface area (Å²) in [5.74, 6) is 0.551. The van der Waals surface area contributed by atoms with E-state index in [4.69, 9.17) is 0 Å². The monoisotopic (exact) mass is 268 g/mol. The maximum Gasteiger partial charge on any atom is 0.147 e. The van der Waals surface area contributed by atoms with Crippen molar-refractivity contribution in [1.29, 1.82) is 0 Å². The Kier molecular flexibility index (Phi) is 2.86. The fourth-order valence-corrected chi connectivity index (χ4v) is 2.00. The minimum absolute atomic E-state index is 0.229. The lowest BCUT2D eigenvalue weighted by Crippen LogP contribution is -2.02. The molecule has 15 heavy (non-hydrogen) atoms. The minimum atomic E-state index is -0.229. The van der Waals surface area contributed by atoms with Gasteiger partial charge in [0.1, 0.15) is 11.6 Å². The van der Waals surface area contributed by atoms with E-state index >= 15 is 0 Å². The molecule has 0 aliphatic carbocycles. The fraction of sp³-hybridized carbons (Fsp3) is 0.182. The number of hydrogen-bond acceptors (Lipinski definition) is 1. The van der Waals surface area contributed by atoms with Crippen LogP contribution in [0.1, 0.15) is 11.4 Å². The lowest BCUT2D eigenvalue weighted by molar-refractivity contribution is 0.614. The smallest absolute Gasteiger partial charge is 0.147 e. The Hall–Kier alpha value is -1.16. The molecule has 1 heterocycles. The van der Waals surface area contributed by atoms with E-state index in [2.05, 4.69) is 20.9 Å². The first-order chi connectivity index (χ1) is 7.24. The number of aromatic nitrogens is 2. The van der Waals surface area contributed by atoms with Crippen LogP contribution < -0.4 is 0 Å². The molecule has 0 amide bonds. The molecule has 78 valence electrons.